The van der Waals surface area contributed by atoms with Gasteiger partial charge in [0, 0.05) is 17.5 Å². The van der Waals surface area contributed by atoms with E-state index in [1.807, 2.05) is 32.9 Å². The molecule has 0 aromatic heterocycles. The lowest BCUT2D eigenvalue weighted by Crippen LogP contribution is -2.34. The van der Waals surface area contributed by atoms with E-state index in [2.05, 4.69) is 23.5 Å². The lowest BCUT2D eigenvalue weighted by atomic mass is 9.95. The van der Waals surface area contributed by atoms with Gasteiger partial charge in [-0.25, -0.2) is 0 Å². The van der Waals surface area contributed by atoms with Crippen LogP contribution in [0, 0.1) is 5.41 Å². The van der Waals surface area contributed by atoms with Crippen molar-refractivity contribution in [3.8, 4) is 0 Å². The zero-order chi connectivity index (χ0) is 11.8. The van der Waals surface area contributed by atoms with Crippen LogP contribution in [0.25, 0.3) is 6.08 Å². The fourth-order valence-corrected chi connectivity index (χ4v) is 1.69. The van der Waals surface area contributed by atoms with Crippen molar-refractivity contribution in [1.29, 1.82) is 0 Å². The number of hydrogen-bond donors (Lipinski definition) is 1. The van der Waals surface area contributed by atoms with Crippen LogP contribution >= 0.6 is 0 Å². The summed E-state index contributed by atoms with van der Waals surface area (Å²) in [5, 5.41) is 2.99. The summed E-state index contributed by atoms with van der Waals surface area (Å²) in [7, 11) is 0. The molecule has 0 atom stereocenters. The Kier molecular flexibility index (Phi) is 2.58. The standard InChI is InChI=1S/C14H17NO/c1-14(2,3)13(16)15-12-8-10-6-4-5-7-11(10)9-12/h4-8H,9H2,1-3H3,(H,15,16). The topological polar surface area (TPSA) is 29.1 Å². The summed E-state index contributed by atoms with van der Waals surface area (Å²) in [6.45, 7) is 5.76. The van der Waals surface area contributed by atoms with Crippen molar-refractivity contribution in [2.24, 2.45) is 5.41 Å². The molecule has 84 valence electrons. The van der Waals surface area contributed by atoms with Gasteiger partial charge in [-0.2, -0.15) is 0 Å². The van der Waals surface area contributed by atoms with Crippen LogP contribution in [0.15, 0.2) is 30.0 Å². The van der Waals surface area contributed by atoms with Gasteiger partial charge in [0.1, 0.15) is 0 Å². The van der Waals surface area contributed by atoms with E-state index in [1.54, 1.807) is 0 Å². The fraction of sp³-hybridized carbons (Fsp3) is 0.357. The molecule has 0 aliphatic heterocycles. The molecule has 1 aliphatic carbocycles. The highest BCUT2D eigenvalue weighted by Crippen LogP contribution is 2.24. The summed E-state index contributed by atoms with van der Waals surface area (Å²) in [6.07, 6.45) is 2.89. The van der Waals surface area contributed by atoms with Crippen molar-refractivity contribution in [3.05, 3.63) is 41.1 Å². The number of nitrogens with one attached hydrogen (secondary N) is 1. The van der Waals surface area contributed by atoms with Gasteiger partial charge in [-0.05, 0) is 17.2 Å². The van der Waals surface area contributed by atoms with Gasteiger partial charge in [0.2, 0.25) is 5.91 Å². The maximum absolute atomic E-state index is 11.8. The molecule has 2 nitrogen and oxygen atoms in total. The molecule has 0 unspecified atom stereocenters. The summed E-state index contributed by atoms with van der Waals surface area (Å²) in [6, 6.07) is 8.22. The second kappa shape index (κ2) is 3.78. The van der Waals surface area contributed by atoms with Gasteiger partial charge in [-0.3, -0.25) is 4.79 Å². The Morgan fingerprint density at radius 3 is 2.56 bits per heavy atom. The number of benzene rings is 1. The normalized spacial score (nSPS) is 14.3. The van der Waals surface area contributed by atoms with Gasteiger partial charge >= 0.3 is 0 Å². The molecular weight excluding hydrogens is 198 g/mol. The summed E-state index contributed by atoms with van der Waals surface area (Å²) in [5.74, 6) is 0.0755. The zero-order valence-corrected chi connectivity index (χ0v) is 10.0. The van der Waals surface area contributed by atoms with Crippen molar-refractivity contribution in [2.45, 2.75) is 27.2 Å². The minimum Gasteiger partial charge on any atom is -0.329 e. The second-order valence-electron chi connectivity index (χ2n) is 5.25. The smallest absolute Gasteiger partial charge is 0.229 e. The SMILES string of the molecule is CC(C)(C)C(=O)NC1=Cc2ccccc2C1. The maximum Gasteiger partial charge on any atom is 0.229 e. The van der Waals surface area contributed by atoms with Crippen molar-refractivity contribution < 1.29 is 4.79 Å². The Morgan fingerprint density at radius 2 is 1.94 bits per heavy atom. The Labute approximate surface area is 96.4 Å². The monoisotopic (exact) mass is 215 g/mol. The quantitative estimate of drug-likeness (QED) is 0.766. The predicted octanol–water partition coefficient (Wildman–Crippen LogP) is 2.75. The van der Waals surface area contributed by atoms with Gasteiger partial charge in [-0.1, -0.05) is 45.0 Å². The number of allylic oxidation sites excluding steroid dienone is 1. The number of fused-ring (bicyclic) bond motifs is 1. The largest absolute Gasteiger partial charge is 0.329 e. The van der Waals surface area contributed by atoms with Crippen molar-refractivity contribution in [3.63, 3.8) is 0 Å². The fourth-order valence-electron chi connectivity index (χ4n) is 1.69. The molecule has 0 radical (unpaired) electrons. The first-order chi connectivity index (χ1) is 7.47. The minimum atomic E-state index is -0.338. The summed E-state index contributed by atoms with van der Waals surface area (Å²) >= 11 is 0. The molecule has 1 amide bonds. The molecule has 1 N–H and O–H groups in total. The summed E-state index contributed by atoms with van der Waals surface area (Å²) in [4.78, 5) is 11.8. The van der Waals surface area contributed by atoms with Crippen molar-refractivity contribution >= 4 is 12.0 Å². The Hall–Kier alpha value is -1.57. The highest BCUT2D eigenvalue weighted by Gasteiger charge is 2.23. The highest BCUT2D eigenvalue weighted by molar-refractivity contribution is 5.84. The Morgan fingerprint density at radius 1 is 1.25 bits per heavy atom. The lowest BCUT2D eigenvalue weighted by molar-refractivity contribution is -0.127. The number of carbonyl (C=O) groups is 1. The van der Waals surface area contributed by atoms with Crippen LogP contribution in [0.2, 0.25) is 0 Å². The van der Waals surface area contributed by atoms with Gasteiger partial charge in [-0.15, -0.1) is 0 Å². The number of amides is 1. The van der Waals surface area contributed by atoms with Crippen LogP contribution in [0.3, 0.4) is 0 Å². The molecule has 0 bridgehead atoms. The molecule has 1 aromatic rings. The van der Waals surface area contributed by atoms with E-state index >= 15 is 0 Å². The van der Waals surface area contributed by atoms with E-state index in [1.165, 1.54) is 11.1 Å². The average molecular weight is 215 g/mol. The van der Waals surface area contributed by atoms with Gasteiger partial charge in [0.05, 0.1) is 0 Å². The van der Waals surface area contributed by atoms with Crippen LogP contribution < -0.4 is 5.32 Å². The molecule has 16 heavy (non-hydrogen) atoms. The first kappa shape index (κ1) is 10.9. The first-order valence-electron chi connectivity index (χ1n) is 5.57. The Balaban J connectivity index is 2.10. The molecule has 0 spiro atoms. The van der Waals surface area contributed by atoms with Gasteiger partial charge in [0.15, 0.2) is 0 Å². The van der Waals surface area contributed by atoms with Crippen LogP contribution in [-0.4, -0.2) is 5.91 Å². The Bertz CT molecular complexity index is 452. The third-order valence-electron chi connectivity index (χ3n) is 2.72. The molecule has 0 fully saturated rings. The van der Waals surface area contributed by atoms with Crippen LogP contribution in [-0.2, 0) is 11.2 Å². The third-order valence-corrected chi connectivity index (χ3v) is 2.72. The van der Waals surface area contributed by atoms with Crippen LogP contribution in [0.4, 0.5) is 0 Å². The number of rotatable bonds is 1. The maximum atomic E-state index is 11.8. The van der Waals surface area contributed by atoms with Crippen molar-refractivity contribution in [1.82, 2.24) is 5.32 Å². The molecular formula is C14H17NO. The van der Waals surface area contributed by atoms with E-state index in [9.17, 15) is 4.79 Å². The van der Waals surface area contributed by atoms with Gasteiger partial charge < -0.3 is 5.32 Å². The summed E-state index contributed by atoms with van der Waals surface area (Å²) in [5.41, 5.74) is 3.16. The lowest BCUT2D eigenvalue weighted by Gasteiger charge is -2.18. The average Bonchev–Trinajstić information content (AvgIpc) is 2.58. The molecule has 0 saturated heterocycles. The van der Waals surface area contributed by atoms with Gasteiger partial charge in [0.25, 0.3) is 0 Å². The minimum absolute atomic E-state index is 0.0755. The molecule has 2 rings (SSSR count). The first-order valence-corrected chi connectivity index (χ1v) is 5.57. The van der Waals surface area contributed by atoms with E-state index in [4.69, 9.17) is 0 Å². The van der Waals surface area contributed by atoms with Crippen LogP contribution in [0.5, 0.6) is 0 Å². The summed E-state index contributed by atoms with van der Waals surface area (Å²) < 4.78 is 0. The molecule has 1 aromatic carbocycles. The van der Waals surface area contributed by atoms with Crippen LogP contribution in [0.1, 0.15) is 31.9 Å². The molecule has 0 heterocycles. The molecule has 0 saturated carbocycles. The second-order valence-corrected chi connectivity index (χ2v) is 5.25. The van der Waals surface area contributed by atoms with E-state index in [-0.39, 0.29) is 11.3 Å². The third kappa shape index (κ3) is 2.16. The predicted molar refractivity (Wildman–Crippen MR) is 65.7 cm³/mol. The van der Waals surface area contributed by atoms with E-state index in [0.717, 1.165) is 12.1 Å². The highest BCUT2D eigenvalue weighted by atomic mass is 16.2. The number of carbonyl (C=O) groups excluding carboxylic acids is 1. The van der Waals surface area contributed by atoms with E-state index < -0.39 is 0 Å². The number of hydrogen-bond acceptors (Lipinski definition) is 1. The van der Waals surface area contributed by atoms with E-state index in [0.29, 0.717) is 0 Å². The zero-order valence-electron chi connectivity index (χ0n) is 10.0. The molecule has 2 heteroatoms. The van der Waals surface area contributed by atoms with Crippen molar-refractivity contribution in [2.75, 3.05) is 0 Å². The molecule has 1 aliphatic rings.